The van der Waals surface area contributed by atoms with Gasteiger partial charge < -0.3 is 14.8 Å². The van der Waals surface area contributed by atoms with Crippen LogP contribution in [0.25, 0.3) is 5.69 Å². The summed E-state index contributed by atoms with van der Waals surface area (Å²) in [5.41, 5.74) is 8.60. The molecule has 2 atom stereocenters. The van der Waals surface area contributed by atoms with E-state index >= 15 is 0 Å². The Kier molecular flexibility index (Phi) is 5.89. The number of aryl methyl sites for hydroxylation is 3. The van der Waals surface area contributed by atoms with Crippen LogP contribution in [0.2, 0.25) is 0 Å². The minimum absolute atomic E-state index is 0.0284. The molecule has 31 heavy (non-hydrogen) atoms. The van der Waals surface area contributed by atoms with E-state index in [0.717, 1.165) is 17.4 Å². The third-order valence-electron chi connectivity index (χ3n) is 6.01. The fourth-order valence-corrected chi connectivity index (χ4v) is 5.21. The van der Waals surface area contributed by atoms with E-state index in [1.165, 1.54) is 33.8 Å². The molecule has 5 heteroatoms. The molecule has 0 unspecified atom stereocenters. The summed E-state index contributed by atoms with van der Waals surface area (Å²) >= 11 is 5.80. The lowest BCUT2D eigenvalue weighted by Crippen LogP contribution is -2.33. The molecule has 0 aliphatic carbocycles. The Morgan fingerprint density at radius 3 is 2.35 bits per heavy atom. The van der Waals surface area contributed by atoms with E-state index in [1.807, 2.05) is 18.3 Å². The number of benzene rings is 1. The molecule has 0 amide bonds. The molecule has 1 aliphatic heterocycles. The molecule has 1 fully saturated rings. The number of aromatic nitrogens is 2. The van der Waals surface area contributed by atoms with Crippen molar-refractivity contribution in [3.05, 3.63) is 82.4 Å². The van der Waals surface area contributed by atoms with Gasteiger partial charge in [0.25, 0.3) is 0 Å². The van der Waals surface area contributed by atoms with E-state index in [9.17, 15) is 0 Å². The Bertz CT molecular complexity index is 1080. The number of hydrogen-bond acceptors (Lipinski definition) is 2. The Morgan fingerprint density at radius 2 is 1.74 bits per heavy atom. The summed E-state index contributed by atoms with van der Waals surface area (Å²) in [6, 6.07) is 15.3. The molecule has 0 spiro atoms. The first-order valence-electron chi connectivity index (χ1n) is 11.0. The minimum Gasteiger partial charge on any atom is -0.352 e. The van der Waals surface area contributed by atoms with E-state index < -0.39 is 0 Å². The lowest BCUT2D eigenvalue weighted by atomic mass is 9.96. The van der Waals surface area contributed by atoms with Crippen LogP contribution in [-0.4, -0.2) is 26.1 Å². The van der Waals surface area contributed by atoms with Gasteiger partial charge in [-0.3, -0.25) is 4.98 Å². The predicted octanol–water partition coefficient (Wildman–Crippen LogP) is 5.73. The van der Waals surface area contributed by atoms with Gasteiger partial charge in [-0.25, -0.2) is 0 Å². The topological polar surface area (TPSA) is 33.1 Å². The van der Waals surface area contributed by atoms with Gasteiger partial charge in [0.2, 0.25) is 0 Å². The standard InChI is InChI=1S/C26H32N4S/c1-16(2)15-29-25(24(28-26(29)31)23-9-7-8-10-27-23)22-14-19(5)30(20(22)6)21-12-17(3)11-18(4)13-21/h7-14,16,24-25H,15H2,1-6H3,(H,28,31)/t24-,25-/m1/s1. The second-order valence-corrected chi connectivity index (χ2v) is 9.57. The monoisotopic (exact) mass is 432 g/mol. The van der Waals surface area contributed by atoms with Gasteiger partial charge in [0.05, 0.1) is 17.8 Å². The second-order valence-electron chi connectivity index (χ2n) is 9.18. The third kappa shape index (κ3) is 4.11. The van der Waals surface area contributed by atoms with Gasteiger partial charge >= 0.3 is 0 Å². The van der Waals surface area contributed by atoms with Gasteiger partial charge in [0, 0.05) is 29.8 Å². The van der Waals surface area contributed by atoms with Crippen molar-refractivity contribution in [2.24, 2.45) is 5.92 Å². The number of nitrogens with one attached hydrogen (secondary N) is 1. The molecule has 4 nitrogen and oxygen atoms in total. The largest absolute Gasteiger partial charge is 0.352 e. The van der Waals surface area contributed by atoms with Gasteiger partial charge in [-0.2, -0.15) is 0 Å². The maximum Gasteiger partial charge on any atom is 0.170 e. The van der Waals surface area contributed by atoms with Crippen LogP contribution in [0.15, 0.2) is 48.7 Å². The first-order chi connectivity index (χ1) is 14.8. The number of pyridine rings is 1. The average Bonchev–Trinajstić information content (AvgIpc) is 3.17. The first kappa shape index (κ1) is 21.6. The number of nitrogens with zero attached hydrogens (tertiary/aromatic N) is 3. The van der Waals surface area contributed by atoms with Crippen LogP contribution in [0.3, 0.4) is 0 Å². The zero-order chi connectivity index (χ0) is 22.3. The van der Waals surface area contributed by atoms with E-state index in [4.69, 9.17) is 12.2 Å². The highest BCUT2D eigenvalue weighted by molar-refractivity contribution is 7.80. The lowest BCUT2D eigenvalue weighted by Gasteiger charge is -2.29. The summed E-state index contributed by atoms with van der Waals surface area (Å²) in [4.78, 5) is 7.02. The number of thiocarbonyl (C=S) groups is 1. The normalized spacial score (nSPS) is 18.7. The van der Waals surface area contributed by atoms with Crippen molar-refractivity contribution in [3.8, 4) is 5.69 Å². The first-order valence-corrected chi connectivity index (χ1v) is 11.4. The molecule has 1 saturated heterocycles. The summed E-state index contributed by atoms with van der Waals surface area (Å²) < 4.78 is 2.37. The van der Waals surface area contributed by atoms with Gasteiger partial charge in [-0.05, 0) is 92.9 Å². The zero-order valence-corrected chi connectivity index (χ0v) is 20.1. The van der Waals surface area contributed by atoms with Crippen molar-refractivity contribution >= 4 is 17.3 Å². The van der Waals surface area contributed by atoms with Crippen LogP contribution in [-0.2, 0) is 0 Å². The van der Waals surface area contributed by atoms with Gasteiger partial charge in [0.1, 0.15) is 0 Å². The molecule has 1 N–H and O–H groups in total. The molecule has 162 valence electrons. The maximum atomic E-state index is 5.80. The smallest absolute Gasteiger partial charge is 0.170 e. The van der Waals surface area contributed by atoms with Crippen LogP contribution < -0.4 is 5.32 Å². The minimum atomic E-state index is 0.0284. The van der Waals surface area contributed by atoms with Crippen LogP contribution in [0.4, 0.5) is 0 Å². The number of hydrogen-bond donors (Lipinski definition) is 1. The molecule has 4 rings (SSSR count). The fraction of sp³-hybridized carbons (Fsp3) is 0.385. The van der Waals surface area contributed by atoms with Crippen LogP contribution in [0.5, 0.6) is 0 Å². The molecule has 1 aromatic carbocycles. The quantitative estimate of drug-likeness (QED) is 0.522. The molecule has 3 aromatic rings. The van der Waals surface area contributed by atoms with E-state index in [-0.39, 0.29) is 12.1 Å². The molecule has 0 saturated carbocycles. The second kappa shape index (κ2) is 8.46. The Morgan fingerprint density at radius 1 is 1.03 bits per heavy atom. The van der Waals surface area contributed by atoms with E-state index in [2.05, 4.69) is 91.6 Å². The Balaban J connectivity index is 1.85. The molecule has 0 bridgehead atoms. The van der Waals surface area contributed by atoms with Crippen molar-refractivity contribution in [1.82, 2.24) is 19.8 Å². The molecule has 3 heterocycles. The fourth-order valence-electron chi connectivity index (χ4n) is 4.90. The van der Waals surface area contributed by atoms with E-state index in [0.29, 0.717) is 5.92 Å². The van der Waals surface area contributed by atoms with Crippen LogP contribution in [0, 0.1) is 33.6 Å². The lowest BCUT2D eigenvalue weighted by molar-refractivity contribution is 0.287. The van der Waals surface area contributed by atoms with Gasteiger partial charge in [-0.1, -0.05) is 26.0 Å². The summed E-state index contributed by atoms with van der Waals surface area (Å²) in [5, 5.41) is 4.38. The molecular weight excluding hydrogens is 400 g/mol. The Labute approximate surface area is 191 Å². The number of rotatable bonds is 5. The van der Waals surface area contributed by atoms with Crippen molar-refractivity contribution in [3.63, 3.8) is 0 Å². The zero-order valence-electron chi connectivity index (χ0n) is 19.3. The highest BCUT2D eigenvalue weighted by Crippen LogP contribution is 2.41. The van der Waals surface area contributed by atoms with Crippen molar-refractivity contribution < 1.29 is 0 Å². The predicted molar refractivity (Wildman–Crippen MR) is 132 cm³/mol. The van der Waals surface area contributed by atoms with Crippen molar-refractivity contribution in [2.45, 2.75) is 53.6 Å². The van der Waals surface area contributed by atoms with Gasteiger partial charge in [-0.15, -0.1) is 0 Å². The molecule has 0 radical (unpaired) electrons. The molecule has 2 aromatic heterocycles. The van der Waals surface area contributed by atoms with Gasteiger partial charge in [0.15, 0.2) is 5.11 Å². The third-order valence-corrected chi connectivity index (χ3v) is 6.37. The maximum absolute atomic E-state index is 5.80. The summed E-state index contributed by atoms with van der Waals surface area (Å²) in [7, 11) is 0. The summed E-state index contributed by atoms with van der Waals surface area (Å²) in [6.07, 6.45) is 1.86. The highest BCUT2D eigenvalue weighted by atomic mass is 32.1. The SMILES string of the molecule is Cc1cc(C)cc(-n2c(C)cc([C@@H]3[C@@H](c4ccccn4)NC(=S)N3CC(C)C)c2C)c1. The van der Waals surface area contributed by atoms with Crippen molar-refractivity contribution in [1.29, 1.82) is 0 Å². The van der Waals surface area contributed by atoms with Crippen LogP contribution in [0.1, 0.15) is 59.7 Å². The average molecular weight is 433 g/mol. The summed E-state index contributed by atoms with van der Waals surface area (Å²) in [5.74, 6) is 0.507. The highest BCUT2D eigenvalue weighted by Gasteiger charge is 2.41. The molecule has 1 aliphatic rings. The summed E-state index contributed by atoms with van der Waals surface area (Å²) in [6.45, 7) is 14.1. The van der Waals surface area contributed by atoms with E-state index in [1.54, 1.807) is 0 Å². The molecular formula is C26H32N4S. The Hall–Kier alpha value is -2.66. The van der Waals surface area contributed by atoms with Crippen molar-refractivity contribution in [2.75, 3.05) is 6.54 Å². The van der Waals surface area contributed by atoms with Crippen LogP contribution >= 0.6 is 12.2 Å².